The molecule has 0 unspecified atom stereocenters. The number of hydrogen-bond acceptors (Lipinski definition) is 12. The summed E-state index contributed by atoms with van der Waals surface area (Å²) < 4.78 is 114. The van der Waals surface area contributed by atoms with Crippen molar-refractivity contribution < 1.29 is 39.3 Å². The fraction of sp³-hybridized carbons (Fsp3) is 0.382. The van der Waals surface area contributed by atoms with E-state index >= 15 is 0 Å². The molecule has 12 nitrogen and oxygen atoms in total. The van der Waals surface area contributed by atoms with Crippen LogP contribution in [0.4, 0.5) is 35.9 Å². The molecule has 1 N–H and O–H groups in total. The monoisotopic (exact) mass is 1120 g/mol. The Morgan fingerprint density at radius 3 is 2.07 bits per heavy atom. The highest BCUT2D eigenvalue weighted by Gasteiger charge is 2.48. The van der Waals surface area contributed by atoms with Crippen LogP contribution in [0.3, 0.4) is 0 Å². The molecule has 0 aliphatic carbocycles. The van der Waals surface area contributed by atoms with Gasteiger partial charge in [0.15, 0.2) is 18.1 Å². The molecule has 3 saturated heterocycles. The second kappa shape index (κ2) is 23.4. The number of aromatic nitrogens is 1. The van der Waals surface area contributed by atoms with Gasteiger partial charge in [-0.2, -0.15) is 13.2 Å². The lowest BCUT2D eigenvalue weighted by atomic mass is 10.00. The summed E-state index contributed by atoms with van der Waals surface area (Å²) in [6.07, 6.45) is 2.53. The van der Waals surface area contributed by atoms with E-state index in [1.807, 2.05) is 103 Å². The first kappa shape index (κ1) is 55.0. The summed E-state index contributed by atoms with van der Waals surface area (Å²) in [6.45, 7) is 13.2. The summed E-state index contributed by atoms with van der Waals surface area (Å²) in [5, 5.41) is 4.21. The van der Waals surface area contributed by atoms with Crippen LogP contribution in [0.5, 0.6) is 0 Å². The Labute approximate surface area is 449 Å². The van der Waals surface area contributed by atoms with E-state index in [0.29, 0.717) is 104 Å². The van der Waals surface area contributed by atoms with Crippen molar-refractivity contribution in [1.29, 1.82) is 0 Å². The van der Waals surface area contributed by atoms with E-state index in [2.05, 4.69) is 50.6 Å². The zero-order valence-electron chi connectivity index (χ0n) is 42.5. The number of sulfone groups is 2. The summed E-state index contributed by atoms with van der Waals surface area (Å²) in [6, 6.07) is 37.3. The van der Waals surface area contributed by atoms with Crippen LogP contribution in [0.25, 0.3) is 22.4 Å². The molecule has 400 valence electrons. The molecule has 5 aromatic carbocycles. The van der Waals surface area contributed by atoms with Crippen molar-refractivity contribution in [2.45, 2.75) is 65.9 Å². The Kier molecular flexibility index (Phi) is 17.2. The van der Waals surface area contributed by atoms with E-state index in [-0.39, 0.29) is 17.8 Å². The lowest BCUT2D eigenvalue weighted by Gasteiger charge is -2.39. The Morgan fingerprint density at radius 1 is 0.747 bits per heavy atom. The fourth-order valence-corrected chi connectivity index (χ4v) is 15.6. The van der Waals surface area contributed by atoms with Gasteiger partial charge >= 0.3 is 5.51 Å². The van der Waals surface area contributed by atoms with Crippen molar-refractivity contribution in [1.82, 2.24) is 9.47 Å². The van der Waals surface area contributed by atoms with Crippen molar-refractivity contribution >= 4 is 79.4 Å². The topological polar surface area (TPSA) is 117 Å². The average Bonchev–Trinajstić information content (AvgIpc) is 3.74. The Bertz CT molecular complexity index is 3160. The summed E-state index contributed by atoms with van der Waals surface area (Å²) in [7, 11) is -11.1. The Balaban J connectivity index is 0.925. The maximum atomic E-state index is 14.5. The van der Waals surface area contributed by atoms with Crippen LogP contribution in [0.1, 0.15) is 38.4 Å². The minimum atomic E-state index is -5.77. The van der Waals surface area contributed by atoms with Crippen LogP contribution >= 0.6 is 31.7 Å². The van der Waals surface area contributed by atoms with E-state index < -0.39 is 38.4 Å². The number of halogens is 4. The van der Waals surface area contributed by atoms with E-state index in [1.165, 1.54) is 12.3 Å². The lowest BCUT2D eigenvalue weighted by molar-refractivity contribution is -0.0435. The van der Waals surface area contributed by atoms with Gasteiger partial charge in [-0.15, -0.1) is 11.8 Å². The average molecular weight is 1120 g/mol. The van der Waals surface area contributed by atoms with Gasteiger partial charge in [-0.05, 0) is 124 Å². The quantitative estimate of drug-likeness (QED) is 0.0692. The normalized spacial score (nSPS) is 17.7. The SMILES string of the molecule is Cc1c(S(C)(=O)=O)c(-c2cccc(N3CCN(c4ccc(N5CCCO[P@@]5c5ccc(N[C@H](CCN6CCOCC6)CSc6ccccc6)c(S(=O)(=O)C(F)(F)F)c5)cc4)CC3)c2)c(-c2ccc(Cl)cc2)n1C(C)C. The van der Waals surface area contributed by atoms with E-state index in [0.717, 1.165) is 57.9 Å². The highest BCUT2D eigenvalue weighted by atomic mass is 35.5. The van der Waals surface area contributed by atoms with Crippen molar-refractivity contribution in [3.05, 3.63) is 132 Å². The van der Waals surface area contributed by atoms with Gasteiger partial charge in [0.05, 0.1) is 41.0 Å². The number of ether oxygens (including phenoxy) is 1. The third-order valence-corrected chi connectivity index (χ3v) is 20.1. The zero-order chi connectivity index (χ0) is 53.1. The molecule has 20 heteroatoms. The number of alkyl halides is 3. The minimum Gasteiger partial charge on any atom is -0.380 e. The highest BCUT2D eigenvalue weighted by Crippen LogP contribution is 2.49. The first-order valence-electron chi connectivity index (χ1n) is 25.2. The van der Waals surface area contributed by atoms with Gasteiger partial charge in [-0.25, -0.2) is 16.8 Å². The molecule has 1 aromatic heterocycles. The molecular formula is C55H63ClF3N6O6PS3. The van der Waals surface area contributed by atoms with E-state index in [9.17, 15) is 30.0 Å². The smallest absolute Gasteiger partial charge is 0.380 e. The summed E-state index contributed by atoms with van der Waals surface area (Å²) in [5.41, 5.74) is 1.05. The van der Waals surface area contributed by atoms with Gasteiger partial charge in [0, 0.05) is 120 Å². The highest BCUT2D eigenvalue weighted by molar-refractivity contribution is 7.99. The molecular weight excluding hydrogens is 1060 g/mol. The van der Waals surface area contributed by atoms with Crippen LogP contribution in [0, 0.1) is 6.92 Å². The maximum Gasteiger partial charge on any atom is 0.501 e. The van der Waals surface area contributed by atoms with Crippen molar-refractivity contribution in [2.75, 3.05) is 104 Å². The minimum absolute atomic E-state index is 0.0166. The summed E-state index contributed by atoms with van der Waals surface area (Å²) in [4.78, 5) is 7.37. The van der Waals surface area contributed by atoms with Gasteiger partial charge in [0.2, 0.25) is 0 Å². The van der Waals surface area contributed by atoms with Crippen molar-refractivity contribution in [3.63, 3.8) is 0 Å². The third-order valence-electron chi connectivity index (χ3n) is 13.9. The fourth-order valence-electron chi connectivity index (χ4n) is 10.2. The molecule has 0 saturated carbocycles. The third kappa shape index (κ3) is 12.5. The molecule has 75 heavy (non-hydrogen) atoms. The summed E-state index contributed by atoms with van der Waals surface area (Å²) in [5.74, 6) is 0.502. The van der Waals surface area contributed by atoms with Gasteiger partial charge in [0.1, 0.15) is 0 Å². The lowest BCUT2D eigenvalue weighted by Crippen LogP contribution is -2.46. The molecule has 3 fully saturated rings. The molecule has 0 radical (unpaired) electrons. The molecule has 0 bridgehead atoms. The molecule has 2 atom stereocenters. The van der Waals surface area contributed by atoms with E-state index in [1.54, 1.807) is 17.8 Å². The predicted octanol–water partition coefficient (Wildman–Crippen LogP) is 11.5. The number of benzene rings is 5. The number of nitrogens with one attached hydrogen (secondary N) is 1. The predicted molar refractivity (Wildman–Crippen MR) is 300 cm³/mol. The number of morpholine rings is 1. The number of piperazine rings is 1. The van der Waals surface area contributed by atoms with Crippen molar-refractivity contribution in [2.24, 2.45) is 0 Å². The van der Waals surface area contributed by atoms with Crippen LogP contribution in [-0.4, -0.2) is 122 Å². The maximum absolute atomic E-state index is 14.5. The molecule has 9 rings (SSSR count). The second-order valence-corrected chi connectivity index (χ2v) is 26.5. The van der Waals surface area contributed by atoms with Crippen LogP contribution < -0.4 is 25.1 Å². The molecule has 3 aliphatic rings. The first-order chi connectivity index (χ1) is 35.9. The molecule has 0 spiro atoms. The standard InChI is InChI=1S/C55H63ClF3N6O6PS3/c1-39(2)65-40(3)54(74(4,66)67)52(53(65)41-14-16-43(56)17-15-41)42-10-8-11-47(36-42)63-29-27-62(28-30-63)45-18-20-46(21-19-45)64-25-9-33-71-72(64)48-22-23-50(51(37-48)75(68,69)55(57,58)59)60-44(24-26-61-31-34-70-35-32-61)38-73-49-12-6-5-7-13-49/h5-8,10-23,36-37,39,44,60H,9,24-35,38H2,1-4H3/t44-,72+/m1/s1. The van der Waals surface area contributed by atoms with Gasteiger partial charge < -0.3 is 33.6 Å². The van der Waals surface area contributed by atoms with Crippen LogP contribution in [-0.2, 0) is 28.9 Å². The number of rotatable bonds is 17. The first-order valence-corrected chi connectivity index (χ1v) is 31.1. The summed E-state index contributed by atoms with van der Waals surface area (Å²) >= 11 is 7.87. The van der Waals surface area contributed by atoms with Crippen LogP contribution in [0.15, 0.2) is 136 Å². The molecule has 3 aliphatic heterocycles. The number of hydrogen-bond donors (Lipinski definition) is 1. The Hall–Kier alpha value is -4.78. The van der Waals surface area contributed by atoms with Crippen LogP contribution in [0.2, 0.25) is 5.02 Å². The second-order valence-electron chi connectivity index (χ2n) is 19.3. The zero-order valence-corrected chi connectivity index (χ0v) is 46.6. The van der Waals surface area contributed by atoms with Crippen molar-refractivity contribution in [3.8, 4) is 22.4 Å². The van der Waals surface area contributed by atoms with Gasteiger partial charge in [0.25, 0.3) is 9.84 Å². The molecule has 0 amide bonds. The molecule has 4 heterocycles. The van der Waals surface area contributed by atoms with E-state index in [4.69, 9.17) is 20.9 Å². The number of thioether (sulfide) groups is 1. The largest absolute Gasteiger partial charge is 0.501 e. The number of nitrogens with zero attached hydrogens (tertiary/aromatic N) is 5. The Morgan fingerprint density at radius 2 is 1.41 bits per heavy atom. The van der Waals surface area contributed by atoms with Gasteiger partial charge in [-0.3, -0.25) is 4.90 Å². The van der Waals surface area contributed by atoms with Gasteiger partial charge in [-0.1, -0.05) is 54.1 Å². The molecule has 6 aromatic rings. The number of anilines is 4.